The molecule has 2 fully saturated rings. The average molecular weight is 232 g/mol. The maximum atomic E-state index is 14.0. The summed E-state index contributed by atoms with van der Waals surface area (Å²) in [6.45, 7) is 10.3. The zero-order valence-electron chi connectivity index (χ0n) is 11.0. The first-order valence-corrected chi connectivity index (χ1v) is 6.32. The molecule has 2 saturated heterocycles. The molecular weight excluding hydrogens is 207 g/mol. The highest BCUT2D eigenvalue weighted by atomic mass is 19.1. The van der Waals surface area contributed by atoms with Gasteiger partial charge in [-0.3, -0.25) is 9.80 Å². The standard InChI is InChI=1S/C10H19FN2O.C2H6/c1-3-13-7-10(11,8-13)6-12(2)9-4-14-5-9;1-2/h9H,3-8H2,1-2H3;1-2H3. The lowest BCUT2D eigenvalue weighted by molar-refractivity contribution is -0.0985. The highest BCUT2D eigenvalue weighted by Crippen LogP contribution is 2.27. The van der Waals surface area contributed by atoms with Crippen LogP contribution in [0.2, 0.25) is 0 Å². The number of ether oxygens (including phenoxy) is 1. The average Bonchev–Trinajstić information content (AvgIpc) is 2.14. The van der Waals surface area contributed by atoms with Crippen LogP contribution in [0.4, 0.5) is 4.39 Å². The van der Waals surface area contributed by atoms with Crippen LogP contribution >= 0.6 is 0 Å². The first-order valence-electron chi connectivity index (χ1n) is 6.32. The molecule has 0 saturated carbocycles. The van der Waals surface area contributed by atoms with Gasteiger partial charge in [-0.2, -0.15) is 0 Å². The molecule has 2 aliphatic heterocycles. The van der Waals surface area contributed by atoms with Crippen molar-refractivity contribution in [1.82, 2.24) is 9.80 Å². The number of rotatable bonds is 4. The molecule has 0 aromatic rings. The fraction of sp³-hybridized carbons (Fsp3) is 1.00. The van der Waals surface area contributed by atoms with Crippen LogP contribution in [0, 0.1) is 0 Å². The first-order chi connectivity index (χ1) is 7.63. The number of hydrogen-bond acceptors (Lipinski definition) is 3. The molecule has 0 aromatic carbocycles. The highest BCUT2D eigenvalue weighted by Gasteiger charge is 2.44. The van der Waals surface area contributed by atoms with Gasteiger partial charge in [-0.25, -0.2) is 4.39 Å². The highest BCUT2D eigenvalue weighted by molar-refractivity contribution is 4.98. The minimum Gasteiger partial charge on any atom is -0.378 e. The van der Waals surface area contributed by atoms with Crippen LogP contribution in [0.15, 0.2) is 0 Å². The lowest BCUT2D eigenvalue weighted by Crippen LogP contribution is -2.65. The van der Waals surface area contributed by atoms with E-state index in [1.165, 1.54) is 0 Å². The molecular formula is C12H25FN2O. The Balaban J connectivity index is 0.000000606. The molecule has 0 unspecified atom stereocenters. The molecule has 96 valence electrons. The van der Waals surface area contributed by atoms with E-state index in [9.17, 15) is 4.39 Å². The van der Waals surface area contributed by atoms with Gasteiger partial charge in [-0.15, -0.1) is 0 Å². The smallest absolute Gasteiger partial charge is 0.148 e. The van der Waals surface area contributed by atoms with Crippen molar-refractivity contribution < 1.29 is 9.13 Å². The summed E-state index contributed by atoms with van der Waals surface area (Å²) in [5, 5.41) is 0. The van der Waals surface area contributed by atoms with Crippen LogP contribution in [0.1, 0.15) is 20.8 Å². The van der Waals surface area contributed by atoms with Crippen molar-refractivity contribution in [3.05, 3.63) is 0 Å². The van der Waals surface area contributed by atoms with Crippen molar-refractivity contribution in [2.24, 2.45) is 0 Å². The Morgan fingerprint density at radius 2 is 1.94 bits per heavy atom. The summed E-state index contributed by atoms with van der Waals surface area (Å²) in [6, 6.07) is 0.443. The van der Waals surface area contributed by atoms with Crippen LogP contribution in [-0.2, 0) is 4.74 Å². The van der Waals surface area contributed by atoms with Crippen LogP contribution in [-0.4, -0.2) is 68.0 Å². The molecule has 0 spiro atoms. The van der Waals surface area contributed by atoms with Gasteiger partial charge in [-0.1, -0.05) is 20.8 Å². The normalized spacial score (nSPS) is 24.4. The summed E-state index contributed by atoms with van der Waals surface area (Å²) in [5.41, 5.74) is -0.972. The summed E-state index contributed by atoms with van der Waals surface area (Å²) in [4.78, 5) is 4.22. The molecule has 2 aliphatic rings. The molecule has 2 rings (SSSR count). The number of likely N-dealkylation sites (tertiary alicyclic amines) is 1. The van der Waals surface area contributed by atoms with Crippen LogP contribution in [0.5, 0.6) is 0 Å². The Morgan fingerprint density at radius 1 is 1.38 bits per heavy atom. The van der Waals surface area contributed by atoms with Gasteiger partial charge in [0.25, 0.3) is 0 Å². The van der Waals surface area contributed by atoms with Crippen molar-refractivity contribution in [2.45, 2.75) is 32.5 Å². The molecule has 2 heterocycles. The number of nitrogens with zero attached hydrogens (tertiary/aromatic N) is 2. The van der Waals surface area contributed by atoms with Gasteiger partial charge >= 0.3 is 0 Å². The molecule has 0 bridgehead atoms. The lowest BCUT2D eigenvalue weighted by atomic mass is 9.95. The maximum Gasteiger partial charge on any atom is 0.148 e. The van der Waals surface area contributed by atoms with E-state index in [0.717, 1.165) is 19.8 Å². The van der Waals surface area contributed by atoms with E-state index in [-0.39, 0.29) is 0 Å². The van der Waals surface area contributed by atoms with E-state index in [4.69, 9.17) is 4.74 Å². The largest absolute Gasteiger partial charge is 0.378 e. The minimum atomic E-state index is -0.972. The summed E-state index contributed by atoms with van der Waals surface area (Å²) in [7, 11) is 1.99. The lowest BCUT2D eigenvalue weighted by Gasteiger charge is -2.47. The molecule has 16 heavy (non-hydrogen) atoms. The van der Waals surface area contributed by atoms with E-state index in [2.05, 4.69) is 16.7 Å². The third-order valence-corrected chi connectivity index (χ3v) is 3.24. The quantitative estimate of drug-likeness (QED) is 0.728. The second-order valence-electron chi connectivity index (χ2n) is 4.56. The Morgan fingerprint density at radius 3 is 2.31 bits per heavy atom. The molecule has 0 radical (unpaired) electrons. The zero-order valence-corrected chi connectivity index (χ0v) is 11.0. The van der Waals surface area contributed by atoms with Gasteiger partial charge in [-0.05, 0) is 13.6 Å². The van der Waals surface area contributed by atoms with Crippen LogP contribution in [0.25, 0.3) is 0 Å². The number of alkyl halides is 1. The van der Waals surface area contributed by atoms with Gasteiger partial charge in [0.05, 0.1) is 19.3 Å². The van der Waals surface area contributed by atoms with E-state index in [0.29, 0.717) is 25.7 Å². The Labute approximate surface area is 98.5 Å². The summed E-state index contributed by atoms with van der Waals surface area (Å²) >= 11 is 0. The number of likely N-dealkylation sites (N-methyl/N-ethyl adjacent to an activating group) is 1. The summed E-state index contributed by atoms with van der Waals surface area (Å²) < 4.78 is 19.1. The monoisotopic (exact) mass is 232 g/mol. The van der Waals surface area contributed by atoms with Gasteiger partial charge in [0.1, 0.15) is 5.67 Å². The van der Waals surface area contributed by atoms with E-state index < -0.39 is 5.67 Å². The predicted molar refractivity (Wildman–Crippen MR) is 64.5 cm³/mol. The molecule has 0 atom stereocenters. The fourth-order valence-electron chi connectivity index (χ4n) is 2.13. The molecule has 0 N–H and O–H groups in total. The van der Waals surface area contributed by atoms with Crippen LogP contribution in [0.3, 0.4) is 0 Å². The molecule has 0 amide bonds. The third kappa shape index (κ3) is 3.15. The Bertz CT molecular complexity index is 203. The Kier molecular flexibility index (Phi) is 5.15. The predicted octanol–water partition coefficient (Wildman–Crippen LogP) is 1.39. The molecule has 0 aromatic heterocycles. The fourth-order valence-corrected chi connectivity index (χ4v) is 2.13. The van der Waals surface area contributed by atoms with Crippen molar-refractivity contribution >= 4 is 0 Å². The van der Waals surface area contributed by atoms with Gasteiger partial charge in [0.15, 0.2) is 0 Å². The van der Waals surface area contributed by atoms with Gasteiger partial charge in [0.2, 0.25) is 0 Å². The zero-order chi connectivity index (χ0) is 12.2. The second kappa shape index (κ2) is 5.94. The second-order valence-corrected chi connectivity index (χ2v) is 4.56. The molecule has 4 heteroatoms. The minimum absolute atomic E-state index is 0.443. The third-order valence-electron chi connectivity index (χ3n) is 3.24. The number of halogens is 1. The first kappa shape index (κ1) is 13.9. The van der Waals surface area contributed by atoms with Gasteiger partial charge in [0, 0.05) is 19.6 Å². The molecule has 0 aliphatic carbocycles. The number of hydrogen-bond donors (Lipinski definition) is 0. The van der Waals surface area contributed by atoms with Crippen molar-refractivity contribution in [2.75, 3.05) is 46.4 Å². The van der Waals surface area contributed by atoms with E-state index in [1.807, 2.05) is 20.9 Å². The van der Waals surface area contributed by atoms with Crippen molar-refractivity contribution in [3.63, 3.8) is 0 Å². The Hall–Kier alpha value is -0.190. The summed E-state index contributed by atoms with van der Waals surface area (Å²) in [5.74, 6) is 0. The van der Waals surface area contributed by atoms with Crippen molar-refractivity contribution in [3.8, 4) is 0 Å². The SMILES string of the molecule is CC.CCN1CC(F)(CN(C)C2COC2)C1. The van der Waals surface area contributed by atoms with Crippen LogP contribution < -0.4 is 0 Å². The van der Waals surface area contributed by atoms with E-state index >= 15 is 0 Å². The molecule has 3 nitrogen and oxygen atoms in total. The van der Waals surface area contributed by atoms with E-state index in [1.54, 1.807) is 0 Å². The van der Waals surface area contributed by atoms with Gasteiger partial charge < -0.3 is 4.74 Å². The summed E-state index contributed by atoms with van der Waals surface area (Å²) in [6.07, 6.45) is 0. The van der Waals surface area contributed by atoms with Crippen molar-refractivity contribution in [1.29, 1.82) is 0 Å². The maximum absolute atomic E-state index is 14.0. The topological polar surface area (TPSA) is 15.7 Å².